The highest BCUT2D eigenvalue weighted by atomic mass is 35.5. The van der Waals surface area contributed by atoms with Crippen molar-refractivity contribution in [2.45, 2.75) is 12.6 Å². The Morgan fingerprint density at radius 3 is 2.67 bits per heavy atom. The van der Waals surface area contributed by atoms with Crippen LogP contribution in [0.4, 0.5) is 11.4 Å². The van der Waals surface area contributed by atoms with E-state index in [9.17, 15) is 10.1 Å². The van der Waals surface area contributed by atoms with Crippen molar-refractivity contribution in [3.63, 3.8) is 0 Å². The molecule has 108 valence electrons. The normalized spacial score (nSPS) is 16.9. The average Bonchev–Trinajstić information content (AvgIpc) is 2.77. The molecule has 0 radical (unpaired) electrons. The standard InChI is InChI=1S/C15H14ClN3O2/c16-11-3-1-10(2-4-11)8-18-9-14(17)13-7-12(19(20)21)5-6-15(13)18/h1-7,14H,8-9,17H2. The first kappa shape index (κ1) is 13.9. The van der Waals surface area contributed by atoms with Gasteiger partial charge in [0.2, 0.25) is 0 Å². The van der Waals surface area contributed by atoms with Gasteiger partial charge in [0.05, 0.1) is 4.92 Å². The van der Waals surface area contributed by atoms with Gasteiger partial charge in [-0.05, 0) is 23.8 Å². The molecule has 1 atom stereocenters. The van der Waals surface area contributed by atoms with E-state index in [0.29, 0.717) is 18.1 Å². The largest absolute Gasteiger partial charge is 0.365 e. The second-order valence-corrected chi connectivity index (χ2v) is 5.55. The summed E-state index contributed by atoms with van der Waals surface area (Å²) in [5.41, 5.74) is 9.09. The van der Waals surface area contributed by atoms with Crippen LogP contribution in [0.5, 0.6) is 0 Å². The van der Waals surface area contributed by atoms with Crippen molar-refractivity contribution in [1.29, 1.82) is 0 Å². The van der Waals surface area contributed by atoms with Gasteiger partial charge in [0.15, 0.2) is 0 Å². The molecule has 0 saturated carbocycles. The molecule has 5 nitrogen and oxygen atoms in total. The van der Waals surface area contributed by atoms with E-state index in [1.807, 2.05) is 24.3 Å². The zero-order valence-corrected chi connectivity index (χ0v) is 12.0. The van der Waals surface area contributed by atoms with Crippen LogP contribution >= 0.6 is 11.6 Å². The summed E-state index contributed by atoms with van der Waals surface area (Å²) in [6.07, 6.45) is 0. The zero-order valence-electron chi connectivity index (χ0n) is 11.2. The van der Waals surface area contributed by atoms with Crippen LogP contribution in [-0.2, 0) is 6.54 Å². The predicted molar refractivity (Wildman–Crippen MR) is 82.5 cm³/mol. The Bertz CT molecular complexity index is 688. The van der Waals surface area contributed by atoms with E-state index in [1.54, 1.807) is 12.1 Å². The van der Waals surface area contributed by atoms with E-state index >= 15 is 0 Å². The second kappa shape index (κ2) is 5.35. The van der Waals surface area contributed by atoms with Crippen molar-refractivity contribution >= 4 is 23.0 Å². The number of fused-ring (bicyclic) bond motifs is 1. The molecule has 1 aliphatic heterocycles. The number of nitro benzene ring substituents is 1. The van der Waals surface area contributed by atoms with Crippen molar-refractivity contribution in [2.75, 3.05) is 11.4 Å². The first-order valence-electron chi connectivity index (χ1n) is 6.58. The number of nitrogens with two attached hydrogens (primary N) is 1. The third-order valence-corrected chi connectivity index (χ3v) is 3.92. The van der Waals surface area contributed by atoms with Gasteiger partial charge in [-0.3, -0.25) is 10.1 Å². The number of nitrogens with zero attached hydrogens (tertiary/aromatic N) is 2. The minimum atomic E-state index is -0.394. The number of hydrogen-bond donors (Lipinski definition) is 1. The molecule has 6 heteroatoms. The summed E-state index contributed by atoms with van der Waals surface area (Å²) in [6, 6.07) is 12.3. The van der Waals surface area contributed by atoms with Crippen LogP contribution in [-0.4, -0.2) is 11.5 Å². The Morgan fingerprint density at radius 2 is 2.00 bits per heavy atom. The molecule has 0 amide bonds. The second-order valence-electron chi connectivity index (χ2n) is 5.11. The van der Waals surface area contributed by atoms with Gasteiger partial charge in [0.1, 0.15) is 0 Å². The molecule has 3 rings (SSSR count). The van der Waals surface area contributed by atoms with Gasteiger partial charge in [0, 0.05) is 47.5 Å². The quantitative estimate of drug-likeness (QED) is 0.697. The molecule has 2 aromatic carbocycles. The number of hydrogen-bond acceptors (Lipinski definition) is 4. The fourth-order valence-electron chi connectivity index (χ4n) is 2.63. The summed E-state index contributed by atoms with van der Waals surface area (Å²) in [5.74, 6) is 0. The van der Waals surface area contributed by atoms with Crippen molar-refractivity contribution in [2.24, 2.45) is 5.73 Å². The van der Waals surface area contributed by atoms with Gasteiger partial charge in [0.25, 0.3) is 5.69 Å². The molecule has 21 heavy (non-hydrogen) atoms. The molecule has 1 aliphatic rings. The number of benzene rings is 2. The lowest BCUT2D eigenvalue weighted by atomic mass is 10.1. The van der Waals surface area contributed by atoms with Crippen LogP contribution < -0.4 is 10.6 Å². The molecular formula is C15H14ClN3O2. The van der Waals surface area contributed by atoms with Crippen molar-refractivity contribution < 1.29 is 4.92 Å². The van der Waals surface area contributed by atoms with Gasteiger partial charge in [-0.2, -0.15) is 0 Å². The highest BCUT2D eigenvalue weighted by Crippen LogP contribution is 2.36. The summed E-state index contributed by atoms with van der Waals surface area (Å²) in [6.45, 7) is 1.36. The SMILES string of the molecule is NC1CN(Cc2ccc(Cl)cc2)c2ccc([N+](=O)[O-])cc21. The number of non-ortho nitro benzene ring substituents is 1. The Balaban J connectivity index is 1.88. The summed E-state index contributed by atoms with van der Waals surface area (Å²) >= 11 is 5.88. The van der Waals surface area contributed by atoms with Crippen LogP contribution in [0.1, 0.15) is 17.2 Å². The topological polar surface area (TPSA) is 72.4 Å². The van der Waals surface area contributed by atoms with Gasteiger partial charge in [-0.1, -0.05) is 23.7 Å². The van der Waals surface area contributed by atoms with Gasteiger partial charge < -0.3 is 10.6 Å². The van der Waals surface area contributed by atoms with E-state index in [2.05, 4.69) is 4.90 Å². The Morgan fingerprint density at radius 1 is 1.29 bits per heavy atom. The maximum Gasteiger partial charge on any atom is 0.269 e. The summed E-state index contributed by atoms with van der Waals surface area (Å²) in [7, 11) is 0. The van der Waals surface area contributed by atoms with E-state index in [-0.39, 0.29) is 11.7 Å². The fraction of sp³-hybridized carbons (Fsp3) is 0.200. The van der Waals surface area contributed by atoms with E-state index in [1.165, 1.54) is 6.07 Å². The smallest absolute Gasteiger partial charge is 0.269 e. The monoisotopic (exact) mass is 303 g/mol. The van der Waals surface area contributed by atoms with Crippen LogP contribution in [0.3, 0.4) is 0 Å². The van der Waals surface area contributed by atoms with Gasteiger partial charge in [-0.15, -0.1) is 0 Å². The minimum absolute atomic E-state index is 0.0811. The van der Waals surface area contributed by atoms with Crippen molar-refractivity contribution in [1.82, 2.24) is 0 Å². The first-order chi connectivity index (χ1) is 10.0. The van der Waals surface area contributed by atoms with E-state index < -0.39 is 4.92 Å². The third kappa shape index (κ3) is 2.70. The maximum atomic E-state index is 10.9. The lowest BCUT2D eigenvalue weighted by Crippen LogP contribution is -2.23. The van der Waals surface area contributed by atoms with Crippen LogP contribution in [0.15, 0.2) is 42.5 Å². The molecule has 0 bridgehead atoms. The maximum absolute atomic E-state index is 10.9. The molecular weight excluding hydrogens is 290 g/mol. The molecule has 2 N–H and O–H groups in total. The Kier molecular flexibility index (Phi) is 3.53. The average molecular weight is 304 g/mol. The van der Waals surface area contributed by atoms with Crippen LogP contribution in [0.2, 0.25) is 5.02 Å². The number of anilines is 1. The molecule has 0 spiro atoms. The minimum Gasteiger partial charge on any atom is -0.365 e. The summed E-state index contributed by atoms with van der Waals surface area (Å²) in [5, 5.41) is 11.6. The predicted octanol–water partition coefficient (Wildman–Crippen LogP) is 3.27. The third-order valence-electron chi connectivity index (χ3n) is 3.67. The van der Waals surface area contributed by atoms with Gasteiger partial charge in [-0.25, -0.2) is 0 Å². The molecule has 1 unspecified atom stereocenters. The number of halogens is 1. The first-order valence-corrected chi connectivity index (χ1v) is 6.95. The summed E-state index contributed by atoms with van der Waals surface area (Å²) in [4.78, 5) is 12.6. The van der Waals surface area contributed by atoms with Crippen molar-refractivity contribution in [3.8, 4) is 0 Å². The molecule has 0 aliphatic carbocycles. The molecule has 0 saturated heterocycles. The summed E-state index contributed by atoms with van der Waals surface area (Å²) < 4.78 is 0. The fourth-order valence-corrected chi connectivity index (χ4v) is 2.76. The van der Waals surface area contributed by atoms with E-state index in [4.69, 9.17) is 17.3 Å². The lowest BCUT2D eigenvalue weighted by Gasteiger charge is -2.19. The van der Waals surface area contributed by atoms with Gasteiger partial charge >= 0.3 is 0 Å². The van der Waals surface area contributed by atoms with Crippen LogP contribution in [0, 0.1) is 10.1 Å². The van der Waals surface area contributed by atoms with Crippen molar-refractivity contribution in [3.05, 3.63) is 68.7 Å². The zero-order chi connectivity index (χ0) is 15.0. The Labute approximate surface area is 127 Å². The molecule has 2 aromatic rings. The lowest BCUT2D eigenvalue weighted by molar-refractivity contribution is -0.384. The Hall–Kier alpha value is -2.11. The number of nitro groups is 1. The highest BCUT2D eigenvalue weighted by molar-refractivity contribution is 6.30. The molecule has 0 aromatic heterocycles. The molecule has 1 heterocycles. The number of rotatable bonds is 3. The highest BCUT2D eigenvalue weighted by Gasteiger charge is 2.27. The van der Waals surface area contributed by atoms with Crippen LogP contribution in [0.25, 0.3) is 0 Å². The molecule has 0 fully saturated rings. The van der Waals surface area contributed by atoms with E-state index in [0.717, 1.165) is 16.8 Å².